The number of para-hydroxylation sites is 1. The highest BCUT2D eigenvalue weighted by atomic mass is 16.1. The Morgan fingerprint density at radius 1 is 1.50 bits per heavy atom. The van der Waals surface area contributed by atoms with Crippen LogP contribution in [0.1, 0.15) is 19.4 Å². The van der Waals surface area contributed by atoms with Gasteiger partial charge in [-0.05, 0) is 26.0 Å². The third-order valence-corrected chi connectivity index (χ3v) is 2.28. The van der Waals surface area contributed by atoms with Gasteiger partial charge >= 0.3 is 0 Å². The Morgan fingerprint density at radius 2 is 2.12 bits per heavy atom. The maximum atomic E-state index is 11.0. The van der Waals surface area contributed by atoms with Gasteiger partial charge in [-0.15, -0.1) is 0 Å². The molecule has 4 nitrogen and oxygen atoms in total. The number of hydrogen-bond acceptors (Lipinski definition) is 3. The summed E-state index contributed by atoms with van der Waals surface area (Å²) >= 11 is 0. The summed E-state index contributed by atoms with van der Waals surface area (Å²) in [5.74, 6) is -0.401. The zero-order chi connectivity index (χ0) is 12.1. The smallest absolute Gasteiger partial charge is 0.236 e. The van der Waals surface area contributed by atoms with Crippen molar-refractivity contribution in [1.82, 2.24) is 0 Å². The van der Waals surface area contributed by atoms with Gasteiger partial charge in [0, 0.05) is 6.04 Å². The lowest BCUT2D eigenvalue weighted by Gasteiger charge is -2.28. The first-order valence-electron chi connectivity index (χ1n) is 5.10. The molecule has 4 heteroatoms. The Balaban J connectivity index is 3.11. The van der Waals surface area contributed by atoms with E-state index in [0.29, 0.717) is 5.56 Å². The fourth-order valence-electron chi connectivity index (χ4n) is 1.53. The zero-order valence-corrected chi connectivity index (χ0v) is 9.47. The molecule has 0 radical (unpaired) electrons. The lowest BCUT2D eigenvalue weighted by Crippen LogP contribution is -2.39. The Kier molecular flexibility index (Phi) is 3.90. The molecule has 16 heavy (non-hydrogen) atoms. The fraction of sp³-hybridized carbons (Fsp3) is 0.333. The van der Waals surface area contributed by atoms with Crippen LogP contribution < -0.4 is 10.6 Å². The predicted molar refractivity (Wildman–Crippen MR) is 62.8 cm³/mol. The van der Waals surface area contributed by atoms with E-state index in [2.05, 4.69) is 6.07 Å². The molecule has 1 amide bonds. The number of anilines is 1. The van der Waals surface area contributed by atoms with Gasteiger partial charge in [-0.2, -0.15) is 5.26 Å². The first kappa shape index (κ1) is 12.1. The number of carbonyl (C=O) groups excluding carboxylic acids is 1. The third-order valence-electron chi connectivity index (χ3n) is 2.28. The number of nitrogens with two attached hydrogens (primary N) is 1. The summed E-state index contributed by atoms with van der Waals surface area (Å²) in [6.45, 7) is 4.03. The van der Waals surface area contributed by atoms with Gasteiger partial charge in [0.25, 0.3) is 0 Å². The normalized spacial score (nSPS) is 9.88. The van der Waals surface area contributed by atoms with Crippen molar-refractivity contribution < 1.29 is 4.79 Å². The summed E-state index contributed by atoms with van der Waals surface area (Å²) in [5.41, 5.74) is 6.50. The minimum Gasteiger partial charge on any atom is -0.368 e. The number of rotatable bonds is 4. The molecule has 0 aliphatic rings. The summed E-state index contributed by atoms with van der Waals surface area (Å²) in [5, 5.41) is 8.99. The van der Waals surface area contributed by atoms with Crippen LogP contribution >= 0.6 is 0 Å². The molecule has 1 rings (SSSR count). The lowest BCUT2D eigenvalue weighted by atomic mass is 10.1. The number of primary amides is 1. The van der Waals surface area contributed by atoms with Gasteiger partial charge in [-0.1, -0.05) is 12.1 Å². The molecule has 0 aliphatic carbocycles. The summed E-state index contributed by atoms with van der Waals surface area (Å²) in [6.07, 6.45) is 0. The molecule has 0 bridgehead atoms. The lowest BCUT2D eigenvalue weighted by molar-refractivity contribution is -0.116. The van der Waals surface area contributed by atoms with Crippen molar-refractivity contribution in [3.8, 4) is 6.07 Å². The molecule has 0 spiro atoms. The first-order valence-corrected chi connectivity index (χ1v) is 5.10. The topological polar surface area (TPSA) is 70.1 Å². The maximum absolute atomic E-state index is 11.0. The molecule has 0 saturated carbocycles. The number of nitrogens with zero attached hydrogens (tertiary/aromatic N) is 2. The molecular weight excluding hydrogens is 202 g/mol. The third kappa shape index (κ3) is 2.74. The summed E-state index contributed by atoms with van der Waals surface area (Å²) in [4.78, 5) is 12.8. The van der Waals surface area contributed by atoms with E-state index >= 15 is 0 Å². The van der Waals surface area contributed by atoms with Crippen LogP contribution in [0.5, 0.6) is 0 Å². The van der Waals surface area contributed by atoms with Crippen LogP contribution in [0.2, 0.25) is 0 Å². The molecule has 2 N–H and O–H groups in total. The first-order chi connectivity index (χ1) is 7.56. The van der Waals surface area contributed by atoms with E-state index in [4.69, 9.17) is 11.0 Å². The van der Waals surface area contributed by atoms with Gasteiger partial charge in [-0.3, -0.25) is 4.79 Å². The van der Waals surface area contributed by atoms with Gasteiger partial charge in [0.15, 0.2) is 0 Å². The average Bonchev–Trinajstić information content (AvgIpc) is 2.25. The number of hydrogen-bond donors (Lipinski definition) is 1. The Hall–Kier alpha value is -2.02. The van der Waals surface area contributed by atoms with Gasteiger partial charge in [0.1, 0.15) is 6.07 Å². The SMILES string of the molecule is CC(C)N(CC(N)=O)c1ccccc1C#N. The van der Waals surface area contributed by atoms with E-state index in [9.17, 15) is 4.79 Å². The van der Waals surface area contributed by atoms with E-state index in [1.165, 1.54) is 0 Å². The fourth-order valence-corrected chi connectivity index (χ4v) is 1.53. The highest BCUT2D eigenvalue weighted by Gasteiger charge is 2.15. The highest BCUT2D eigenvalue weighted by molar-refractivity contribution is 5.80. The second-order valence-electron chi connectivity index (χ2n) is 3.82. The van der Waals surface area contributed by atoms with Crippen LogP contribution in [0.3, 0.4) is 0 Å². The van der Waals surface area contributed by atoms with Crippen molar-refractivity contribution in [3.63, 3.8) is 0 Å². The number of benzene rings is 1. The van der Waals surface area contributed by atoms with Crippen LogP contribution in [0, 0.1) is 11.3 Å². The average molecular weight is 217 g/mol. The molecule has 1 aromatic carbocycles. The predicted octanol–water partition coefficient (Wildman–Crippen LogP) is 1.26. The molecule has 84 valence electrons. The maximum Gasteiger partial charge on any atom is 0.236 e. The standard InChI is InChI=1S/C12H15N3O/c1-9(2)15(8-12(14)16)11-6-4-3-5-10(11)7-13/h3-6,9H,8H2,1-2H3,(H2,14,16). The van der Waals surface area contributed by atoms with Crippen molar-refractivity contribution in [2.24, 2.45) is 5.73 Å². The van der Waals surface area contributed by atoms with Crippen LogP contribution in [-0.2, 0) is 4.79 Å². The molecular formula is C12H15N3O. The van der Waals surface area contributed by atoms with Gasteiger partial charge in [0.05, 0.1) is 17.8 Å². The molecule has 0 saturated heterocycles. The number of amides is 1. The second kappa shape index (κ2) is 5.17. The molecule has 0 atom stereocenters. The summed E-state index contributed by atoms with van der Waals surface area (Å²) < 4.78 is 0. The van der Waals surface area contributed by atoms with E-state index in [0.717, 1.165) is 5.69 Å². The Morgan fingerprint density at radius 3 is 2.62 bits per heavy atom. The quantitative estimate of drug-likeness (QED) is 0.825. The molecule has 0 unspecified atom stereocenters. The van der Waals surface area contributed by atoms with E-state index in [1.54, 1.807) is 12.1 Å². The van der Waals surface area contributed by atoms with E-state index in [-0.39, 0.29) is 12.6 Å². The van der Waals surface area contributed by atoms with Crippen molar-refractivity contribution >= 4 is 11.6 Å². The molecule has 0 aromatic heterocycles. The molecule has 1 aromatic rings. The van der Waals surface area contributed by atoms with Crippen molar-refractivity contribution in [3.05, 3.63) is 29.8 Å². The monoisotopic (exact) mass is 217 g/mol. The van der Waals surface area contributed by atoms with E-state index in [1.807, 2.05) is 30.9 Å². The molecule has 0 aliphatic heterocycles. The van der Waals surface area contributed by atoms with E-state index < -0.39 is 5.91 Å². The molecule has 0 heterocycles. The number of carbonyl (C=O) groups is 1. The highest BCUT2D eigenvalue weighted by Crippen LogP contribution is 2.21. The Bertz CT molecular complexity index is 421. The zero-order valence-electron chi connectivity index (χ0n) is 9.47. The number of nitriles is 1. The van der Waals surface area contributed by atoms with Crippen LogP contribution in [0.4, 0.5) is 5.69 Å². The summed E-state index contributed by atoms with van der Waals surface area (Å²) in [7, 11) is 0. The van der Waals surface area contributed by atoms with Gasteiger partial charge in [0.2, 0.25) is 5.91 Å². The van der Waals surface area contributed by atoms with Crippen molar-refractivity contribution in [2.75, 3.05) is 11.4 Å². The minimum absolute atomic E-state index is 0.113. The second-order valence-corrected chi connectivity index (χ2v) is 3.82. The van der Waals surface area contributed by atoms with Crippen LogP contribution in [0.25, 0.3) is 0 Å². The molecule has 0 fully saturated rings. The van der Waals surface area contributed by atoms with Crippen LogP contribution in [-0.4, -0.2) is 18.5 Å². The summed E-state index contributed by atoms with van der Waals surface area (Å²) in [6, 6.07) is 9.41. The van der Waals surface area contributed by atoms with Gasteiger partial charge in [-0.25, -0.2) is 0 Å². The Labute approximate surface area is 95.3 Å². The largest absolute Gasteiger partial charge is 0.368 e. The van der Waals surface area contributed by atoms with Gasteiger partial charge < -0.3 is 10.6 Å². The van der Waals surface area contributed by atoms with Crippen molar-refractivity contribution in [2.45, 2.75) is 19.9 Å². The minimum atomic E-state index is -0.401. The van der Waals surface area contributed by atoms with Crippen LogP contribution in [0.15, 0.2) is 24.3 Å². The van der Waals surface area contributed by atoms with Crippen molar-refractivity contribution in [1.29, 1.82) is 5.26 Å².